The molecule has 4 aliphatic rings. The average Bonchev–Trinajstić information content (AvgIpc) is 3.10. The van der Waals surface area contributed by atoms with E-state index < -0.39 is 0 Å². The number of aryl methyl sites for hydroxylation is 1. The number of methoxy groups -OCH3 is 1. The van der Waals surface area contributed by atoms with Gasteiger partial charge in [-0.3, -0.25) is 4.79 Å². The fourth-order valence-electron chi connectivity index (χ4n) is 8.75. The number of fused-ring (bicyclic) bond motifs is 5. The predicted molar refractivity (Wildman–Crippen MR) is 122 cm³/mol. The Morgan fingerprint density at radius 2 is 1.80 bits per heavy atom. The SMILES string of the molecule is COc1ccc(C(=O)C2CCC3C4CCC5CC(C)CCC5C4CCC23C)c(C)c1. The average molecular weight is 409 g/mol. The summed E-state index contributed by atoms with van der Waals surface area (Å²) in [7, 11) is 1.69. The third-order valence-corrected chi connectivity index (χ3v) is 10.2. The summed E-state index contributed by atoms with van der Waals surface area (Å²) in [5.74, 6) is 6.99. The zero-order valence-electron chi connectivity index (χ0n) is 19.5. The Bertz CT molecular complexity index is 813. The minimum absolute atomic E-state index is 0.208. The summed E-state index contributed by atoms with van der Waals surface area (Å²) in [6.07, 6.45) is 12.3. The number of hydrogen-bond acceptors (Lipinski definition) is 2. The first-order valence-corrected chi connectivity index (χ1v) is 12.6. The molecule has 2 heteroatoms. The molecule has 8 atom stereocenters. The van der Waals surface area contributed by atoms with Gasteiger partial charge in [-0.25, -0.2) is 0 Å². The zero-order chi connectivity index (χ0) is 21.0. The van der Waals surface area contributed by atoms with Gasteiger partial charge in [0.15, 0.2) is 5.78 Å². The molecule has 4 fully saturated rings. The van der Waals surface area contributed by atoms with Crippen molar-refractivity contribution in [1.29, 1.82) is 0 Å². The summed E-state index contributed by atoms with van der Waals surface area (Å²) >= 11 is 0. The first-order valence-electron chi connectivity index (χ1n) is 12.6. The van der Waals surface area contributed by atoms with E-state index in [0.29, 0.717) is 5.78 Å². The molecule has 164 valence electrons. The molecule has 0 radical (unpaired) electrons. The molecule has 0 saturated heterocycles. The first kappa shape index (κ1) is 20.6. The second-order valence-electron chi connectivity index (χ2n) is 11.6. The second-order valence-corrected chi connectivity index (χ2v) is 11.6. The van der Waals surface area contributed by atoms with Gasteiger partial charge in [0.2, 0.25) is 0 Å². The second kappa shape index (κ2) is 7.68. The highest BCUT2D eigenvalue weighted by Crippen LogP contribution is 2.64. The Hall–Kier alpha value is -1.31. The molecule has 0 spiro atoms. The Morgan fingerprint density at radius 3 is 2.57 bits per heavy atom. The van der Waals surface area contributed by atoms with Crippen molar-refractivity contribution < 1.29 is 9.53 Å². The van der Waals surface area contributed by atoms with Crippen LogP contribution in [0.4, 0.5) is 0 Å². The minimum atomic E-state index is 0.208. The highest BCUT2D eigenvalue weighted by molar-refractivity contribution is 6.00. The topological polar surface area (TPSA) is 26.3 Å². The number of carbonyl (C=O) groups is 1. The number of ketones is 1. The lowest BCUT2D eigenvalue weighted by atomic mass is 9.49. The Morgan fingerprint density at radius 1 is 1.00 bits per heavy atom. The van der Waals surface area contributed by atoms with Gasteiger partial charge in [0, 0.05) is 11.5 Å². The zero-order valence-corrected chi connectivity index (χ0v) is 19.5. The van der Waals surface area contributed by atoms with E-state index in [4.69, 9.17) is 4.74 Å². The van der Waals surface area contributed by atoms with Crippen LogP contribution in [0.25, 0.3) is 0 Å². The number of benzene rings is 1. The Balaban J connectivity index is 1.37. The van der Waals surface area contributed by atoms with Crippen LogP contribution in [0.3, 0.4) is 0 Å². The van der Waals surface area contributed by atoms with Crippen molar-refractivity contribution in [3.63, 3.8) is 0 Å². The molecular weight excluding hydrogens is 368 g/mol. The number of rotatable bonds is 3. The van der Waals surface area contributed by atoms with E-state index >= 15 is 0 Å². The lowest BCUT2D eigenvalue weighted by molar-refractivity contribution is -0.0634. The van der Waals surface area contributed by atoms with Crippen molar-refractivity contribution in [2.75, 3.05) is 7.11 Å². The van der Waals surface area contributed by atoms with Crippen molar-refractivity contribution in [3.8, 4) is 5.75 Å². The van der Waals surface area contributed by atoms with Gasteiger partial charge in [-0.05, 0) is 123 Å². The maximum Gasteiger partial charge on any atom is 0.166 e. The third-order valence-electron chi connectivity index (χ3n) is 10.2. The van der Waals surface area contributed by atoms with Gasteiger partial charge in [0.05, 0.1) is 7.11 Å². The molecule has 4 aliphatic carbocycles. The number of Topliss-reactive ketones (excluding diaryl/α,β-unsaturated/α-hetero) is 1. The van der Waals surface area contributed by atoms with E-state index in [2.05, 4.69) is 20.8 Å². The molecule has 0 aliphatic heterocycles. The van der Waals surface area contributed by atoms with Gasteiger partial charge in [0.25, 0.3) is 0 Å². The quantitative estimate of drug-likeness (QED) is 0.499. The maximum atomic E-state index is 13.7. The molecule has 8 unspecified atom stereocenters. The minimum Gasteiger partial charge on any atom is -0.497 e. The molecule has 30 heavy (non-hydrogen) atoms. The van der Waals surface area contributed by atoms with E-state index in [9.17, 15) is 4.79 Å². The third kappa shape index (κ3) is 3.16. The summed E-state index contributed by atoms with van der Waals surface area (Å²) in [4.78, 5) is 13.7. The molecule has 1 aromatic carbocycles. The molecule has 4 saturated carbocycles. The van der Waals surface area contributed by atoms with Crippen LogP contribution in [0.15, 0.2) is 18.2 Å². The summed E-state index contributed by atoms with van der Waals surface area (Å²) in [6.45, 7) is 7.01. The maximum absolute atomic E-state index is 13.7. The standard InChI is InChI=1S/C28H40O2/c1-17-5-8-22-19(15-17)6-9-24-23(22)13-14-28(3)25(24)11-12-26(28)27(29)21-10-7-20(30-4)16-18(21)2/h7,10,16-17,19,22-26H,5-6,8-9,11-15H2,1-4H3. The van der Waals surface area contributed by atoms with Crippen LogP contribution in [0, 0.1) is 53.8 Å². The van der Waals surface area contributed by atoms with Crippen LogP contribution < -0.4 is 4.74 Å². The lowest BCUT2D eigenvalue weighted by Gasteiger charge is -2.56. The summed E-state index contributed by atoms with van der Waals surface area (Å²) in [5, 5.41) is 0. The van der Waals surface area contributed by atoms with E-state index in [1.807, 2.05) is 18.2 Å². The molecule has 5 rings (SSSR count). The van der Waals surface area contributed by atoms with E-state index in [1.54, 1.807) is 7.11 Å². The van der Waals surface area contributed by atoms with Gasteiger partial charge in [-0.1, -0.05) is 20.3 Å². The van der Waals surface area contributed by atoms with E-state index in [-0.39, 0.29) is 11.3 Å². The molecule has 0 bridgehead atoms. The van der Waals surface area contributed by atoms with Crippen LogP contribution in [0.1, 0.15) is 87.6 Å². The largest absolute Gasteiger partial charge is 0.497 e. The molecular formula is C28H40O2. The monoisotopic (exact) mass is 408 g/mol. The fraction of sp³-hybridized carbons (Fsp3) is 0.750. The lowest BCUT2D eigenvalue weighted by Crippen LogP contribution is -2.49. The normalized spacial score (nSPS) is 42.7. The van der Waals surface area contributed by atoms with Gasteiger partial charge in [-0.2, -0.15) is 0 Å². The van der Waals surface area contributed by atoms with Crippen molar-refractivity contribution in [2.45, 2.75) is 78.6 Å². The molecule has 0 N–H and O–H groups in total. The van der Waals surface area contributed by atoms with Crippen molar-refractivity contribution in [2.24, 2.45) is 46.8 Å². The molecule has 1 aromatic rings. The van der Waals surface area contributed by atoms with Crippen LogP contribution >= 0.6 is 0 Å². The summed E-state index contributed by atoms with van der Waals surface area (Å²) in [5.41, 5.74) is 2.20. The van der Waals surface area contributed by atoms with Crippen LogP contribution in [-0.2, 0) is 0 Å². The van der Waals surface area contributed by atoms with Crippen molar-refractivity contribution >= 4 is 5.78 Å². The first-order chi connectivity index (χ1) is 14.4. The van der Waals surface area contributed by atoms with Crippen molar-refractivity contribution in [3.05, 3.63) is 29.3 Å². The highest BCUT2D eigenvalue weighted by Gasteiger charge is 2.58. The predicted octanol–water partition coefficient (Wildman–Crippen LogP) is 7.09. The van der Waals surface area contributed by atoms with Crippen LogP contribution in [-0.4, -0.2) is 12.9 Å². The Kier molecular flexibility index (Phi) is 5.27. The van der Waals surface area contributed by atoms with Gasteiger partial charge in [0.1, 0.15) is 5.75 Å². The molecule has 0 heterocycles. The highest BCUT2D eigenvalue weighted by atomic mass is 16.5. The van der Waals surface area contributed by atoms with E-state index in [0.717, 1.165) is 58.8 Å². The Labute approximate surface area is 183 Å². The number of ether oxygens (including phenoxy) is 1. The van der Waals surface area contributed by atoms with Crippen molar-refractivity contribution in [1.82, 2.24) is 0 Å². The molecule has 0 aromatic heterocycles. The van der Waals surface area contributed by atoms with Gasteiger partial charge >= 0.3 is 0 Å². The summed E-state index contributed by atoms with van der Waals surface area (Å²) in [6, 6.07) is 5.98. The van der Waals surface area contributed by atoms with Crippen LogP contribution in [0.2, 0.25) is 0 Å². The molecule has 0 amide bonds. The number of carbonyl (C=O) groups excluding carboxylic acids is 1. The van der Waals surface area contributed by atoms with Gasteiger partial charge in [-0.15, -0.1) is 0 Å². The van der Waals surface area contributed by atoms with E-state index in [1.165, 1.54) is 51.4 Å². The number of hydrogen-bond donors (Lipinski definition) is 0. The van der Waals surface area contributed by atoms with Gasteiger partial charge < -0.3 is 4.74 Å². The summed E-state index contributed by atoms with van der Waals surface area (Å²) < 4.78 is 5.36. The molecule has 2 nitrogen and oxygen atoms in total. The fourth-order valence-corrected chi connectivity index (χ4v) is 8.75. The van der Waals surface area contributed by atoms with Crippen LogP contribution in [0.5, 0.6) is 5.75 Å². The smallest absolute Gasteiger partial charge is 0.166 e.